The Labute approximate surface area is 300 Å². The maximum Gasteiger partial charge on any atom is 0.303 e. The number of halogens is 1. The molecule has 1 aliphatic carbocycles. The SMILES string of the molecule is CC.CC[C@H](NCCNC(=O)c1cc(C(=O)NCc2ccc(F)cc2)cc(N(C)S(=O)(=O)N(C)C)c1)C(=O)NCC1CC1.Cc1cscn1.[HH].[HH].[HH].[HH]. The second-order valence-corrected chi connectivity index (χ2v) is 14.2. The van der Waals surface area contributed by atoms with Crippen LogP contribution in [0.3, 0.4) is 0 Å². The molecule has 278 valence electrons. The summed E-state index contributed by atoms with van der Waals surface area (Å²) in [6, 6.07) is 9.41. The van der Waals surface area contributed by atoms with Crippen LogP contribution in [0.5, 0.6) is 0 Å². The minimum atomic E-state index is -3.90. The lowest BCUT2D eigenvalue weighted by Crippen LogP contribution is -2.46. The molecule has 1 aliphatic rings. The van der Waals surface area contributed by atoms with Gasteiger partial charge in [0, 0.05) is 75.2 Å². The summed E-state index contributed by atoms with van der Waals surface area (Å²) < 4.78 is 40.7. The van der Waals surface area contributed by atoms with E-state index in [9.17, 15) is 27.2 Å². The summed E-state index contributed by atoms with van der Waals surface area (Å²) in [6.45, 7) is 9.21. The van der Waals surface area contributed by atoms with Crippen LogP contribution >= 0.6 is 11.3 Å². The van der Waals surface area contributed by atoms with Crippen LogP contribution in [0.4, 0.5) is 10.1 Å². The van der Waals surface area contributed by atoms with Gasteiger partial charge in [0.15, 0.2) is 0 Å². The molecule has 3 amide bonds. The number of carbonyl (C=O) groups excluding carboxylic acids is 3. The van der Waals surface area contributed by atoms with Crippen molar-refractivity contribution in [3.8, 4) is 0 Å². The minimum Gasteiger partial charge on any atom is -0.354 e. The van der Waals surface area contributed by atoms with Gasteiger partial charge < -0.3 is 21.3 Å². The van der Waals surface area contributed by atoms with E-state index < -0.39 is 27.8 Å². The van der Waals surface area contributed by atoms with Gasteiger partial charge in [-0.1, -0.05) is 32.9 Å². The highest BCUT2D eigenvalue weighted by molar-refractivity contribution is 7.90. The monoisotopic (exact) mass is 727 g/mol. The number of thiazole rings is 1. The zero-order valence-corrected chi connectivity index (χ0v) is 31.0. The Morgan fingerprint density at radius 1 is 0.980 bits per heavy atom. The van der Waals surface area contributed by atoms with Gasteiger partial charge in [-0.25, -0.2) is 4.39 Å². The molecule has 4 rings (SSSR count). The smallest absolute Gasteiger partial charge is 0.303 e. The highest BCUT2D eigenvalue weighted by atomic mass is 32.2. The van der Waals surface area contributed by atoms with Gasteiger partial charge in [0.2, 0.25) is 5.91 Å². The van der Waals surface area contributed by atoms with E-state index in [2.05, 4.69) is 26.3 Å². The topological polar surface area (TPSA) is 153 Å². The summed E-state index contributed by atoms with van der Waals surface area (Å²) in [5, 5.41) is 13.6. The van der Waals surface area contributed by atoms with E-state index in [1.165, 1.54) is 63.6 Å². The molecule has 0 spiro atoms. The fourth-order valence-corrected chi connectivity index (χ4v) is 5.64. The number of anilines is 1. The van der Waals surface area contributed by atoms with Crippen molar-refractivity contribution in [3.63, 3.8) is 0 Å². The molecule has 1 heterocycles. The fourth-order valence-electron chi connectivity index (χ4n) is 4.23. The van der Waals surface area contributed by atoms with E-state index in [0.717, 1.165) is 27.1 Å². The summed E-state index contributed by atoms with van der Waals surface area (Å²) in [5.41, 5.74) is 3.89. The molecular formula is C34H58FN7O5S2. The molecule has 0 saturated heterocycles. The van der Waals surface area contributed by atoms with Gasteiger partial charge in [-0.2, -0.15) is 12.7 Å². The largest absolute Gasteiger partial charge is 0.354 e. The molecule has 1 aromatic heterocycles. The van der Waals surface area contributed by atoms with Crippen molar-refractivity contribution in [3.05, 3.63) is 81.6 Å². The molecule has 15 heteroatoms. The second kappa shape index (κ2) is 20.6. The summed E-state index contributed by atoms with van der Waals surface area (Å²) in [5.74, 6) is -0.938. The van der Waals surface area contributed by atoms with Gasteiger partial charge >= 0.3 is 10.2 Å². The Kier molecular flexibility index (Phi) is 17.3. The number of aromatic nitrogens is 1. The average Bonchev–Trinajstić information content (AvgIpc) is 3.82. The number of hydrogen-bond acceptors (Lipinski definition) is 8. The Morgan fingerprint density at radius 3 is 2.08 bits per heavy atom. The van der Waals surface area contributed by atoms with E-state index in [4.69, 9.17) is 0 Å². The van der Waals surface area contributed by atoms with Gasteiger partial charge in [-0.05, 0) is 68.0 Å². The fraction of sp³-hybridized carbons (Fsp3) is 0.471. The molecule has 1 fully saturated rings. The van der Waals surface area contributed by atoms with E-state index in [-0.39, 0.29) is 47.6 Å². The van der Waals surface area contributed by atoms with Crippen LogP contribution in [-0.4, -0.2) is 82.2 Å². The number of benzene rings is 2. The van der Waals surface area contributed by atoms with Crippen molar-refractivity contribution in [2.75, 3.05) is 45.1 Å². The molecule has 0 radical (unpaired) electrons. The predicted molar refractivity (Wildman–Crippen MR) is 202 cm³/mol. The number of nitrogens with one attached hydrogen (secondary N) is 4. The van der Waals surface area contributed by atoms with Crippen LogP contribution in [0.15, 0.2) is 53.4 Å². The third kappa shape index (κ3) is 13.8. The Bertz CT molecular complexity index is 1600. The first-order valence-corrected chi connectivity index (χ1v) is 18.6. The molecule has 1 atom stereocenters. The first kappa shape index (κ1) is 41.3. The molecule has 4 N–H and O–H groups in total. The number of nitrogens with zero attached hydrogens (tertiary/aromatic N) is 3. The first-order chi connectivity index (χ1) is 23.3. The van der Waals surface area contributed by atoms with Crippen LogP contribution in [0.2, 0.25) is 0 Å². The number of amides is 3. The lowest BCUT2D eigenvalue weighted by Gasteiger charge is -2.24. The van der Waals surface area contributed by atoms with E-state index in [0.29, 0.717) is 31.0 Å². The van der Waals surface area contributed by atoms with E-state index >= 15 is 0 Å². The number of carbonyl (C=O) groups is 3. The van der Waals surface area contributed by atoms with Gasteiger partial charge in [-0.3, -0.25) is 23.7 Å². The Morgan fingerprint density at radius 2 is 1.59 bits per heavy atom. The maximum absolute atomic E-state index is 13.2. The Balaban J connectivity index is -0.00000187. The van der Waals surface area contributed by atoms with Crippen molar-refractivity contribution in [1.82, 2.24) is 30.6 Å². The van der Waals surface area contributed by atoms with Gasteiger partial charge in [0.25, 0.3) is 11.8 Å². The lowest BCUT2D eigenvalue weighted by atomic mass is 10.1. The normalized spacial score (nSPS) is 12.8. The quantitative estimate of drug-likeness (QED) is 0.159. The summed E-state index contributed by atoms with van der Waals surface area (Å²) in [7, 11) is 0.180. The summed E-state index contributed by atoms with van der Waals surface area (Å²) in [4.78, 5) is 42.4. The average molecular weight is 728 g/mol. The molecule has 0 unspecified atom stereocenters. The van der Waals surface area contributed by atoms with Gasteiger partial charge in [0.1, 0.15) is 5.82 Å². The Hall–Kier alpha value is -3.92. The molecule has 12 nitrogen and oxygen atoms in total. The first-order valence-electron chi connectivity index (χ1n) is 16.3. The summed E-state index contributed by atoms with van der Waals surface area (Å²) in [6.07, 6.45) is 2.88. The highest BCUT2D eigenvalue weighted by Gasteiger charge is 2.25. The highest BCUT2D eigenvalue weighted by Crippen LogP contribution is 2.27. The lowest BCUT2D eigenvalue weighted by molar-refractivity contribution is -0.123. The van der Waals surface area contributed by atoms with Crippen molar-refractivity contribution in [2.45, 2.75) is 59.5 Å². The second-order valence-electron chi connectivity index (χ2n) is 11.3. The van der Waals surface area contributed by atoms with Crippen molar-refractivity contribution in [2.24, 2.45) is 5.92 Å². The van der Waals surface area contributed by atoms with Gasteiger partial charge in [-0.15, -0.1) is 11.3 Å². The standard InChI is InChI=1S/C28H39FN6O5S.C4H5NS.C2H6.4H2/c1-5-25(28(38)33-18-19-6-7-19)30-12-13-31-26(36)21-14-22(16-24(15-21)35(4)41(39,40)34(2)3)27(37)32-17-20-8-10-23(29)11-9-20;1-4-2-6-3-5-4;1-2;;;;/h8-11,14-16,19,25,30H,5-7,12-13,17-18H2,1-4H3,(H,31,36)(H,32,37)(H,33,38);2-3H,1H3;1-2H3;4*1H/t25-;;;;;;/m0....../s1. The zero-order chi connectivity index (χ0) is 36.6. The summed E-state index contributed by atoms with van der Waals surface area (Å²) >= 11 is 1.63. The van der Waals surface area contributed by atoms with Gasteiger partial charge in [0.05, 0.1) is 17.2 Å². The molecule has 0 bridgehead atoms. The number of hydrogen-bond donors (Lipinski definition) is 4. The van der Waals surface area contributed by atoms with E-state index in [1.807, 2.05) is 38.6 Å². The molecule has 1 saturated carbocycles. The van der Waals surface area contributed by atoms with Crippen LogP contribution in [-0.2, 0) is 21.5 Å². The molecular weight excluding hydrogens is 670 g/mol. The molecule has 0 aliphatic heterocycles. The van der Waals surface area contributed by atoms with Crippen LogP contribution < -0.4 is 25.6 Å². The molecule has 3 aromatic rings. The minimum absolute atomic E-state index is 0. The molecule has 49 heavy (non-hydrogen) atoms. The van der Waals surface area contributed by atoms with Crippen LogP contribution in [0.25, 0.3) is 0 Å². The number of rotatable bonds is 15. The van der Waals surface area contributed by atoms with Crippen molar-refractivity contribution >= 4 is 45.0 Å². The van der Waals surface area contributed by atoms with Crippen molar-refractivity contribution in [1.29, 1.82) is 0 Å². The number of aryl methyl sites for hydroxylation is 1. The molecule has 2 aromatic carbocycles. The predicted octanol–water partition coefficient (Wildman–Crippen LogP) is 5.08. The zero-order valence-electron chi connectivity index (χ0n) is 29.4. The van der Waals surface area contributed by atoms with Crippen molar-refractivity contribution < 1.29 is 32.9 Å². The third-order valence-electron chi connectivity index (χ3n) is 7.32. The van der Waals surface area contributed by atoms with E-state index in [1.54, 1.807) is 11.3 Å². The third-order valence-corrected chi connectivity index (χ3v) is 9.85. The van der Waals surface area contributed by atoms with Crippen LogP contribution in [0, 0.1) is 18.7 Å². The maximum atomic E-state index is 13.2. The van der Waals surface area contributed by atoms with Crippen LogP contribution in [0.1, 0.15) is 77.7 Å².